The number of methoxy groups -OCH3 is 1. The fourth-order valence-electron chi connectivity index (χ4n) is 3.80. The number of hydrogen-bond donors (Lipinski definition) is 1. The van der Waals surface area contributed by atoms with Crippen molar-refractivity contribution in [3.8, 4) is 0 Å². The van der Waals surface area contributed by atoms with Gasteiger partial charge in [-0.05, 0) is 29.8 Å². The first kappa shape index (κ1) is 22.5. The van der Waals surface area contributed by atoms with Crippen molar-refractivity contribution in [2.45, 2.75) is 12.6 Å². The number of Topliss-reactive ketones (excluding diaryl/α,β-unsaturated/α-hetero) is 1. The van der Waals surface area contributed by atoms with Gasteiger partial charge in [-0.15, -0.1) is 0 Å². The summed E-state index contributed by atoms with van der Waals surface area (Å²) in [6.45, 7) is -0.0628. The molecule has 1 aromatic heterocycles. The molecule has 34 heavy (non-hydrogen) atoms. The van der Waals surface area contributed by atoms with Gasteiger partial charge < -0.3 is 19.2 Å². The van der Waals surface area contributed by atoms with E-state index in [1.54, 1.807) is 24.3 Å². The van der Waals surface area contributed by atoms with Crippen LogP contribution in [-0.2, 0) is 20.9 Å². The van der Waals surface area contributed by atoms with Gasteiger partial charge in [0.1, 0.15) is 11.5 Å². The van der Waals surface area contributed by atoms with Gasteiger partial charge in [0.15, 0.2) is 0 Å². The molecule has 1 atom stereocenters. The second-order valence-corrected chi connectivity index (χ2v) is 7.43. The topological polar surface area (TPSA) is 140 Å². The van der Waals surface area contributed by atoms with Gasteiger partial charge in [0.25, 0.3) is 17.4 Å². The highest BCUT2D eigenvalue weighted by Gasteiger charge is 2.46. The number of nitrogens with zero attached hydrogens (tertiary/aromatic N) is 2. The number of furan rings is 1. The minimum atomic E-state index is -1.03. The second kappa shape index (κ2) is 9.02. The Hall–Kier alpha value is -4.73. The second-order valence-electron chi connectivity index (χ2n) is 7.43. The number of esters is 1. The summed E-state index contributed by atoms with van der Waals surface area (Å²) in [7, 11) is 1.24. The molecule has 1 saturated heterocycles. The summed E-state index contributed by atoms with van der Waals surface area (Å²) in [6.07, 6.45) is 1.43. The average Bonchev–Trinajstić information content (AvgIpc) is 3.45. The van der Waals surface area contributed by atoms with Gasteiger partial charge in [0, 0.05) is 17.7 Å². The van der Waals surface area contributed by atoms with Crippen molar-refractivity contribution in [1.29, 1.82) is 0 Å². The fourth-order valence-corrected chi connectivity index (χ4v) is 3.80. The molecule has 2 aromatic carbocycles. The van der Waals surface area contributed by atoms with Crippen LogP contribution in [0.4, 0.5) is 5.69 Å². The van der Waals surface area contributed by atoms with Crippen LogP contribution in [0.15, 0.2) is 76.9 Å². The minimum Gasteiger partial charge on any atom is -0.507 e. The molecule has 1 amide bonds. The standard InChI is InChI=1S/C24H18N2O8/c1-33-24(30)15-9-7-14(8-10-15)20-19(21(27)16-4-2-5-17(12-16)26(31)32)22(28)23(29)25(20)13-18-6-3-11-34-18/h2-12,20,27H,13H2,1H3. The van der Waals surface area contributed by atoms with Crippen molar-refractivity contribution in [3.63, 3.8) is 0 Å². The number of nitro groups is 1. The lowest BCUT2D eigenvalue weighted by Crippen LogP contribution is -2.29. The zero-order chi connectivity index (χ0) is 24.4. The highest BCUT2D eigenvalue weighted by Crippen LogP contribution is 2.40. The zero-order valence-electron chi connectivity index (χ0n) is 17.8. The predicted octanol–water partition coefficient (Wildman–Crippen LogP) is 3.60. The average molecular weight is 462 g/mol. The Kier molecular flexibility index (Phi) is 5.96. The van der Waals surface area contributed by atoms with E-state index in [0.29, 0.717) is 11.3 Å². The zero-order valence-corrected chi connectivity index (χ0v) is 17.8. The number of carbonyl (C=O) groups is 3. The number of ether oxygens (including phenoxy) is 1. The molecular weight excluding hydrogens is 444 g/mol. The number of non-ortho nitro benzene ring substituents is 1. The molecule has 172 valence electrons. The largest absolute Gasteiger partial charge is 0.507 e. The van der Waals surface area contributed by atoms with E-state index in [-0.39, 0.29) is 28.9 Å². The molecule has 10 heteroatoms. The molecule has 1 N–H and O–H groups in total. The van der Waals surface area contributed by atoms with Crippen molar-refractivity contribution in [3.05, 3.63) is 105 Å². The molecule has 0 saturated carbocycles. The first-order valence-corrected chi connectivity index (χ1v) is 10.1. The van der Waals surface area contributed by atoms with Crippen LogP contribution in [0.3, 0.4) is 0 Å². The molecular formula is C24H18N2O8. The quantitative estimate of drug-likeness (QED) is 0.146. The van der Waals surface area contributed by atoms with Crippen molar-refractivity contribution < 1.29 is 33.6 Å². The number of rotatable bonds is 6. The van der Waals surface area contributed by atoms with Crippen LogP contribution >= 0.6 is 0 Å². The van der Waals surface area contributed by atoms with Crippen LogP contribution in [0.5, 0.6) is 0 Å². The Labute approximate surface area is 192 Å². The Morgan fingerprint density at radius 2 is 1.85 bits per heavy atom. The van der Waals surface area contributed by atoms with E-state index in [9.17, 15) is 29.6 Å². The fraction of sp³-hybridized carbons (Fsp3) is 0.125. The lowest BCUT2D eigenvalue weighted by molar-refractivity contribution is -0.384. The molecule has 1 aliphatic rings. The maximum atomic E-state index is 13.0. The molecule has 1 fully saturated rings. The van der Waals surface area contributed by atoms with Gasteiger partial charge in [-0.1, -0.05) is 24.3 Å². The van der Waals surface area contributed by atoms with Crippen molar-refractivity contribution in [2.75, 3.05) is 7.11 Å². The third-order valence-corrected chi connectivity index (χ3v) is 5.42. The number of carbonyl (C=O) groups excluding carboxylic acids is 3. The van der Waals surface area contributed by atoms with Crippen LogP contribution in [0, 0.1) is 10.1 Å². The first-order chi connectivity index (χ1) is 16.3. The van der Waals surface area contributed by atoms with Crippen molar-refractivity contribution in [2.24, 2.45) is 0 Å². The molecule has 0 spiro atoms. The Morgan fingerprint density at radius 3 is 2.47 bits per heavy atom. The van der Waals surface area contributed by atoms with Gasteiger partial charge in [-0.2, -0.15) is 0 Å². The number of ketones is 1. The Balaban J connectivity index is 1.86. The number of nitro benzene ring substituents is 1. The van der Waals surface area contributed by atoms with Crippen molar-refractivity contribution in [1.82, 2.24) is 4.90 Å². The van der Waals surface area contributed by atoms with E-state index in [0.717, 1.165) is 6.07 Å². The summed E-state index contributed by atoms with van der Waals surface area (Å²) in [5.41, 5.74) is 0.190. The summed E-state index contributed by atoms with van der Waals surface area (Å²) < 4.78 is 10.0. The first-order valence-electron chi connectivity index (χ1n) is 10.1. The third kappa shape index (κ3) is 4.04. The molecule has 0 radical (unpaired) electrons. The summed E-state index contributed by atoms with van der Waals surface area (Å²) in [6, 6.07) is 13.4. The highest BCUT2D eigenvalue weighted by atomic mass is 16.6. The van der Waals surface area contributed by atoms with E-state index in [2.05, 4.69) is 0 Å². The molecule has 0 aliphatic carbocycles. The highest BCUT2D eigenvalue weighted by molar-refractivity contribution is 6.46. The summed E-state index contributed by atoms with van der Waals surface area (Å²) in [5, 5.41) is 22.2. The lowest BCUT2D eigenvalue weighted by Gasteiger charge is -2.24. The number of likely N-dealkylation sites (tertiary alicyclic amines) is 1. The molecule has 1 unspecified atom stereocenters. The number of amides is 1. The van der Waals surface area contributed by atoms with Gasteiger partial charge in [-0.3, -0.25) is 19.7 Å². The number of benzene rings is 2. The Bertz CT molecular complexity index is 1310. The van der Waals surface area contributed by atoms with Crippen LogP contribution in [0.2, 0.25) is 0 Å². The summed E-state index contributed by atoms with van der Waals surface area (Å²) >= 11 is 0. The molecule has 10 nitrogen and oxygen atoms in total. The predicted molar refractivity (Wildman–Crippen MR) is 117 cm³/mol. The van der Waals surface area contributed by atoms with E-state index in [1.807, 2.05) is 0 Å². The van der Waals surface area contributed by atoms with Gasteiger partial charge in [0.2, 0.25) is 0 Å². The van der Waals surface area contributed by atoms with Crippen LogP contribution in [0.1, 0.15) is 33.3 Å². The molecule has 4 rings (SSSR count). The summed E-state index contributed by atoms with van der Waals surface area (Å²) in [5.74, 6) is -2.52. The molecule has 1 aliphatic heterocycles. The number of aliphatic hydroxyl groups excluding tert-OH is 1. The molecule has 2 heterocycles. The molecule has 0 bridgehead atoms. The summed E-state index contributed by atoms with van der Waals surface area (Å²) in [4.78, 5) is 49.6. The monoisotopic (exact) mass is 462 g/mol. The number of aliphatic hydroxyl groups is 1. The molecule has 3 aromatic rings. The maximum absolute atomic E-state index is 13.0. The smallest absolute Gasteiger partial charge is 0.337 e. The van der Waals surface area contributed by atoms with Gasteiger partial charge in [0.05, 0.1) is 42.0 Å². The van der Waals surface area contributed by atoms with E-state index in [1.165, 1.54) is 48.6 Å². The van der Waals surface area contributed by atoms with E-state index in [4.69, 9.17) is 9.15 Å². The SMILES string of the molecule is COC(=O)c1ccc(C2C(=C(O)c3cccc([N+](=O)[O-])c3)C(=O)C(=O)N2Cc2ccco2)cc1. The van der Waals surface area contributed by atoms with E-state index < -0.39 is 34.4 Å². The van der Waals surface area contributed by atoms with Gasteiger partial charge >= 0.3 is 5.97 Å². The van der Waals surface area contributed by atoms with Gasteiger partial charge in [-0.25, -0.2) is 4.79 Å². The third-order valence-electron chi connectivity index (χ3n) is 5.42. The lowest BCUT2D eigenvalue weighted by atomic mass is 9.94. The number of hydrogen-bond acceptors (Lipinski definition) is 8. The minimum absolute atomic E-state index is 0.0152. The van der Waals surface area contributed by atoms with Crippen LogP contribution < -0.4 is 0 Å². The van der Waals surface area contributed by atoms with Crippen LogP contribution in [-0.4, -0.2) is 39.7 Å². The Morgan fingerprint density at radius 1 is 1.12 bits per heavy atom. The van der Waals surface area contributed by atoms with Crippen LogP contribution in [0.25, 0.3) is 5.76 Å². The normalized spacial score (nSPS) is 17.1. The maximum Gasteiger partial charge on any atom is 0.337 e. The van der Waals surface area contributed by atoms with E-state index >= 15 is 0 Å². The van der Waals surface area contributed by atoms with Crippen molar-refractivity contribution >= 4 is 29.1 Å².